The zero-order valence-corrected chi connectivity index (χ0v) is 13.0. The lowest BCUT2D eigenvalue weighted by Gasteiger charge is -2.16. The molecular weight excluding hydrogens is 290 g/mol. The first-order valence-electron chi connectivity index (χ1n) is 6.85. The van der Waals surface area contributed by atoms with Crippen molar-refractivity contribution < 1.29 is 24.2 Å². The molecule has 0 bridgehead atoms. The molecule has 122 valence electrons. The number of aliphatic carboxylic acids is 1. The number of nitrogens with zero attached hydrogens (tertiary/aromatic N) is 2. The van der Waals surface area contributed by atoms with Crippen molar-refractivity contribution in [1.82, 2.24) is 14.9 Å². The van der Waals surface area contributed by atoms with E-state index in [2.05, 4.69) is 10.3 Å². The highest BCUT2D eigenvalue weighted by Crippen LogP contribution is 2.15. The summed E-state index contributed by atoms with van der Waals surface area (Å²) in [6.45, 7) is 5.54. The lowest BCUT2D eigenvalue weighted by atomic mass is 9.98. The molecule has 0 spiro atoms. The number of nitrogens with one attached hydrogen (secondary N) is 1. The summed E-state index contributed by atoms with van der Waals surface area (Å²) in [7, 11) is 0. The van der Waals surface area contributed by atoms with E-state index in [0.29, 0.717) is 5.69 Å². The van der Waals surface area contributed by atoms with Gasteiger partial charge in [-0.25, -0.2) is 4.98 Å². The molecule has 0 unspecified atom stereocenters. The van der Waals surface area contributed by atoms with Crippen LogP contribution in [0.1, 0.15) is 39.3 Å². The fourth-order valence-corrected chi connectivity index (χ4v) is 1.42. The van der Waals surface area contributed by atoms with Crippen LogP contribution in [-0.2, 0) is 32.4 Å². The summed E-state index contributed by atoms with van der Waals surface area (Å²) in [5.74, 6) is -1.68. The highest BCUT2D eigenvalue weighted by atomic mass is 16.5. The van der Waals surface area contributed by atoms with Gasteiger partial charge >= 0.3 is 11.9 Å². The third-order valence-corrected chi connectivity index (χ3v) is 2.68. The number of hydrogen-bond acceptors (Lipinski definition) is 5. The topological polar surface area (TPSA) is 111 Å². The smallest absolute Gasteiger partial charge is 0.312 e. The summed E-state index contributed by atoms with van der Waals surface area (Å²) < 4.78 is 6.71. The van der Waals surface area contributed by atoms with E-state index in [4.69, 9.17) is 9.84 Å². The van der Waals surface area contributed by atoms with E-state index in [1.54, 1.807) is 31.5 Å². The van der Waals surface area contributed by atoms with E-state index in [0.717, 1.165) is 0 Å². The van der Waals surface area contributed by atoms with Crippen LogP contribution in [-0.4, -0.2) is 32.5 Å². The maximum atomic E-state index is 11.6. The van der Waals surface area contributed by atoms with Crippen LogP contribution in [0.3, 0.4) is 0 Å². The number of carbonyl (C=O) groups excluding carboxylic acids is 2. The third-order valence-electron chi connectivity index (χ3n) is 2.68. The Hall–Kier alpha value is -2.38. The SMILES string of the molecule is CC(C)(C)C(=O)OCn1cnc(CNC(=O)CCC(=O)O)c1. The van der Waals surface area contributed by atoms with Gasteiger partial charge in [-0.2, -0.15) is 0 Å². The van der Waals surface area contributed by atoms with Crippen molar-refractivity contribution in [2.45, 2.75) is 46.9 Å². The first kappa shape index (κ1) is 17.7. The average molecular weight is 311 g/mol. The molecule has 2 N–H and O–H groups in total. The van der Waals surface area contributed by atoms with Crippen molar-refractivity contribution >= 4 is 17.8 Å². The fourth-order valence-electron chi connectivity index (χ4n) is 1.42. The largest absolute Gasteiger partial charge is 0.481 e. The Morgan fingerprint density at radius 1 is 1.32 bits per heavy atom. The number of ether oxygens (including phenoxy) is 1. The van der Waals surface area contributed by atoms with E-state index in [1.165, 1.54) is 6.33 Å². The molecule has 0 radical (unpaired) electrons. The Bertz CT molecular complexity index is 545. The number of carboxylic acids is 1. The monoisotopic (exact) mass is 311 g/mol. The zero-order valence-electron chi connectivity index (χ0n) is 13.0. The molecule has 0 aliphatic heterocycles. The number of carboxylic acid groups (broad SMARTS) is 1. The second-order valence-corrected chi connectivity index (χ2v) is 5.86. The number of imidazole rings is 1. The molecule has 0 saturated carbocycles. The van der Waals surface area contributed by atoms with Gasteiger partial charge < -0.3 is 19.7 Å². The number of rotatable bonds is 7. The van der Waals surface area contributed by atoms with Gasteiger partial charge in [-0.05, 0) is 20.8 Å². The van der Waals surface area contributed by atoms with E-state index in [1.807, 2.05) is 0 Å². The fraction of sp³-hybridized carbons (Fsp3) is 0.571. The van der Waals surface area contributed by atoms with E-state index < -0.39 is 11.4 Å². The highest BCUT2D eigenvalue weighted by Gasteiger charge is 2.22. The maximum Gasteiger partial charge on any atom is 0.312 e. The molecule has 1 aromatic heterocycles. The molecule has 0 aliphatic carbocycles. The molecule has 1 heterocycles. The predicted octanol–water partition coefficient (Wildman–Crippen LogP) is 0.911. The normalized spacial score (nSPS) is 11.0. The minimum Gasteiger partial charge on any atom is -0.481 e. The molecule has 0 atom stereocenters. The van der Waals surface area contributed by atoms with Gasteiger partial charge in [-0.15, -0.1) is 0 Å². The summed E-state index contributed by atoms with van der Waals surface area (Å²) in [6.07, 6.45) is 2.87. The molecule has 1 amide bonds. The number of esters is 1. The van der Waals surface area contributed by atoms with Gasteiger partial charge in [0.1, 0.15) is 0 Å². The first-order valence-corrected chi connectivity index (χ1v) is 6.85. The van der Waals surface area contributed by atoms with Crippen molar-refractivity contribution in [3.8, 4) is 0 Å². The van der Waals surface area contributed by atoms with Gasteiger partial charge in [0.2, 0.25) is 5.91 Å². The van der Waals surface area contributed by atoms with Gasteiger partial charge in [-0.1, -0.05) is 0 Å². The number of aromatic nitrogens is 2. The average Bonchev–Trinajstić information content (AvgIpc) is 2.87. The molecule has 0 aliphatic rings. The summed E-state index contributed by atoms with van der Waals surface area (Å²) in [5, 5.41) is 11.0. The van der Waals surface area contributed by atoms with Gasteiger partial charge in [0.15, 0.2) is 6.73 Å². The van der Waals surface area contributed by atoms with Crippen LogP contribution < -0.4 is 5.32 Å². The van der Waals surface area contributed by atoms with Crippen LogP contribution in [0.15, 0.2) is 12.5 Å². The highest BCUT2D eigenvalue weighted by molar-refractivity contribution is 5.80. The zero-order chi connectivity index (χ0) is 16.8. The van der Waals surface area contributed by atoms with Crippen molar-refractivity contribution in [3.63, 3.8) is 0 Å². The lowest BCUT2D eigenvalue weighted by Crippen LogP contribution is -2.24. The van der Waals surface area contributed by atoms with Crippen LogP contribution in [0.2, 0.25) is 0 Å². The summed E-state index contributed by atoms with van der Waals surface area (Å²) in [4.78, 5) is 37.4. The number of amides is 1. The molecule has 1 rings (SSSR count). The minimum absolute atomic E-state index is 0.0517. The summed E-state index contributed by atoms with van der Waals surface area (Å²) in [6, 6.07) is 0. The third kappa shape index (κ3) is 6.38. The molecule has 0 saturated heterocycles. The van der Waals surface area contributed by atoms with E-state index in [-0.39, 0.29) is 38.0 Å². The van der Waals surface area contributed by atoms with Crippen molar-refractivity contribution in [3.05, 3.63) is 18.2 Å². The standard InChI is InChI=1S/C14H21N3O5/c1-14(2,3)13(21)22-9-17-7-10(16-8-17)6-15-11(18)4-5-12(19)20/h7-8H,4-6,9H2,1-3H3,(H,15,18)(H,19,20). The second kappa shape index (κ2) is 7.58. The maximum absolute atomic E-state index is 11.6. The number of carbonyl (C=O) groups is 3. The molecule has 0 fully saturated rings. The predicted molar refractivity (Wildman–Crippen MR) is 76.5 cm³/mol. The Morgan fingerprint density at radius 2 is 2.00 bits per heavy atom. The second-order valence-electron chi connectivity index (χ2n) is 5.86. The van der Waals surface area contributed by atoms with Crippen LogP contribution in [0.4, 0.5) is 0 Å². The Labute approximate surface area is 128 Å². The Kier molecular flexibility index (Phi) is 6.09. The van der Waals surface area contributed by atoms with Gasteiger partial charge in [0.05, 0.1) is 30.4 Å². The van der Waals surface area contributed by atoms with Crippen LogP contribution in [0.25, 0.3) is 0 Å². The van der Waals surface area contributed by atoms with Crippen molar-refractivity contribution in [1.29, 1.82) is 0 Å². The summed E-state index contributed by atoms with van der Waals surface area (Å²) in [5.41, 5.74) is 0.0251. The molecule has 8 nitrogen and oxygen atoms in total. The Balaban J connectivity index is 2.37. The first-order chi connectivity index (χ1) is 10.2. The minimum atomic E-state index is -1.01. The van der Waals surface area contributed by atoms with Gasteiger partial charge in [0, 0.05) is 12.6 Å². The molecule has 8 heteroatoms. The van der Waals surface area contributed by atoms with Crippen LogP contribution in [0, 0.1) is 5.41 Å². The molecular formula is C14H21N3O5. The number of hydrogen-bond donors (Lipinski definition) is 2. The molecule has 0 aromatic carbocycles. The summed E-state index contributed by atoms with van der Waals surface area (Å²) >= 11 is 0. The van der Waals surface area contributed by atoms with Crippen molar-refractivity contribution in [2.75, 3.05) is 0 Å². The van der Waals surface area contributed by atoms with Gasteiger partial charge in [0.25, 0.3) is 0 Å². The molecule has 22 heavy (non-hydrogen) atoms. The quantitative estimate of drug-likeness (QED) is 0.724. The Morgan fingerprint density at radius 3 is 2.59 bits per heavy atom. The van der Waals surface area contributed by atoms with Gasteiger partial charge in [-0.3, -0.25) is 14.4 Å². The van der Waals surface area contributed by atoms with E-state index >= 15 is 0 Å². The van der Waals surface area contributed by atoms with E-state index in [9.17, 15) is 14.4 Å². The van der Waals surface area contributed by atoms with Crippen LogP contribution >= 0.6 is 0 Å². The molecule has 1 aromatic rings. The van der Waals surface area contributed by atoms with Crippen LogP contribution in [0.5, 0.6) is 0 Å². The lowest BCUT2D eigenvalue weighted by molar-refractivity contribution is -0.157. The van der Waals surface area contributed by atoms with Crippen molar-refractivity contribution in [2.24, 2.45) is 5.41 Å².